The highest BCUT2D eigenvalue weighted by atomic mass is 32.2. The molecule has 2 saturated heterocycles. The van der Waals surface area contributed by atoms with Gasteiger partial charge in [-0.15, -0.1) is 0 Å². The minimum Gasteiger partial charge on any atom is -0.356 e. The predicted octanol–water partition coefficient (Wildman–Crippen LogP) is 2.32. The van der Waals surface area contributed by atoms with Gasteiger partial charge < -0.3 is 9.80 Å². The number of rotatable bonds is 4. The molecule has 1 aromatic heterocycles. The molecule has 9 heteroatoms. The van der Waals surface area contributed by atoms with E-state index in [1.54, 1.807) is 17.9 Å². The van der Waals surface area contributed by atoms with E-state index in [1.165, 1.54) is 16.4 Å². The third-order valence-electron chi connectivity index (χ3n) is 6.25. The molecule has 2 aromatic rings. The van der Waals surface area contributed by atoms with Gasteiger partial charge in [-0.25, -0.2) is 13.4 Å². The molecule has 2 fully saturated rings. The lowest BCUT2D eigenvalue weighted by Crippen LogP contribution is -2.55. The summed E-state index contributed by atoms with van der Waals surface area (Å²) in [6.07, 6.45) is 1.16. The van der Waals surface area contributed by atoms with Crippen molar-refractivity contribution >= 4 is 21.7 Å². The van der Waals surface area contributed by atoms with Crippen molar-refractivity contribution in [2.45, 2.75) is 38.1 Å². The molecule has 0 radical (unpaired) electrons. The first-order valence-corrected chi connectivity index (χ1v) is 12.2. The van der Waals surface area contributed by atoms with E-state index in [-0.39, 0.29) is 29.9 Å². The summed E-state index contributed by atoms with van der Waals surface area (Å²) in [5.74, 6) is 0.774. The average Bonchev–Trinajstić information content (AvgIpc) is 2.71. The summed E-state index contributed by atoms with van der Waals surface area (Å²) in [6, 6.07) is 10.0. The monoisotopic (exact) mass is 453 g/mol. The Balaban J connectivity index is 1.49. The molecule has 0 aliphatic carbocycles. The van der Waals surface area contributed by atoms with E-state index in [9.17, 15) is 13.2 Å². The van der Waals surface area contributed by atoms with Crippen molar-refractivity contribution < 1.29 is 13.2 Å². The first kappa shape index (κ1) is 22.2. The van der Waals surface area contributed by atoms with E-state index in [4.69, 9.17) is 5.26 Å². The van der Waals surface area contributed by atoms with E-state index in [2.05, 4.69) is 9.88 Å². The summed E-state index contributed by atoms with van der Waals surface area (Å²) in [5, 5.41) is 9.04. The summed E-state index contributed by atoms with van der Waals surface area (Å²) in [5.41, 5.74) is 2.21. The molecular formula is C23H27N5O3S. The van der Waals surface area contributed by atoms with Crippen LogP contribution < -0.4 is 4.90 Å². The second-order valence-electron chi connectivity index (χ2n) is 8.45. The van der Waals surface area contributed by atoms with Crippen molar-refractivity contribution in [1.29, 1.82) is 5.26 Å². The molecule has 2 aliphatic heterocycles. The number of nitrogens with zero attached hydrogens (tertiary/aromatic N) is 5. The van der Waals surface area contributed by atoms with Crippen LogP contribution in [0.1, 0.15) is 40.5 Å². The molecule has 32 heavy (non-hydrogen) atoms. The lowest BCUT2D eigenvalue weighted by molar-refractivity contribution is 0.0590. The van der Waals surface area contributed by atoms with Crippen molar-refractivity contribution in [2.24, 2.45) is 0 Å². The molecule has 1 amide bonds. The highest BCUT2D eigenvalue weighted by Gasteiger charge is 2.35. The summed E-state index contributed by atoms with van der Waals surface area (Å²) >= 11 is 0. The van der Waals surface area contributed by atoms with Crippen LogP contribution in [-0.4, -0.2) is 67.3 Å². The van der Waals surface area contributed by atoms with Gasteiger partial charge in [-0.2, -0.15) is 9.57 Å². The number of piperazine rings is 1. The minimum atomic E-state index is -3.72. The number of aromatic nitrogens is 1. The maximum atomic E-state index is 13.2. The zero-order valence-electron chi connectivity index (χ0n) is 18.6. The molecule has 2 aliphatic rings. The molecular weight excluding hydrogens is 426 g/mol. The van der Waals surface area contributed by atoms with Crippen LogP contribution in [0.3, 0.4) is 0 Å². The van der Waals surface area contributed by atoms with Gasteiger partial charge in [-0.05, 0) is 63.1 Å². The fourth-order valence-corrected chi connectivity index (χ4v) is 5.96. The zero-order chi connectivity index (χ0) is 23.0. The van der Waals surface area contributed by atoms with Crippen molar-refractivity contribution in [1.82, 2.24) is 14.2 Å². The van der Waals surface area contributed by atoms with Gasteiger partial charge in [-0.1, -0.05) is 0 Å². The number of nitriles is 1. The van der Waals surface area contributed by atoms with E-state index < -0.39 is 10.0 Å². The lowest BCUT2D eigenvalue weighted by atomic mass is 10.1. The van der Waals surface area contributed by atoms with Crippen LogP contribution in [0, 0.1) is 25.2 Å². The Labute approximate surface area is 189 Å². The van der Waals surface area contributed by atoms with Crippen LogP contribution in [0.4, 0.5) is 5.82 Å². The maximum Gasteiger partial charge on any atom is 0.256 e. The topological polar surface area (TPSA) is 97.6 Å². The SMILES string of the molecule is Cc1cc(C#N)ccc1S(=O)(=O)N1CCN(C(=O)c2ccc(N3CCC3)nc2C)[C@@H](C)C1. The molecule has 0 bridgehead atoms. The zero-order valence-corrected chi connectivity index (χ0v) is 19.4. The van der Waals surface area contributed by atoms with Crippen LogP contribution in [0.25, 0.3) is 0 Å². The number of sulfonamides is 1. The molecule has 1 aromatic carbocycles. The Kier molecular flexibility index (Phi) is 5.93. The number of pyridine rings is 1. The van der Waals surface area contributed by atoms with Crippen molar-refractivity contribution in [3.8, 4) is 6.07 Å². The molecule has 0 saturated carbocycles. The third-order valence-corrected chi connectivity index (χ3v) is 8.28. The molecule has 8 nitrogen and oxygen atoms in total. The number of carbonyl (C=O) groups is 1. The van der Waals surface area contributed by atoms with Crippen LogP contribution in [0.5, 0.6) is 0 Å². The van der Waals surface area contributed by atoms with Gasteiger partial charge in [0.2, 0.25) is 10.0 Å². The largest absolute Gasteiger partial charge is 0.356 e. The van der Waals surface area contributed by atoms with E-state index in [0.29, 0.717) is 28.9 Å². The second-order valence-corrected chi connectivity index (χ2v) is 10.4. The number of carbonyl (C=O) groups excluding carboxylic acids is 1. The molecule has 168 valence electrons. The van der Waals surface area contributed by atoms with Gasteiger partial charge in [0.05, 0.1) is 27.8 Å². The highest BCUT2D eigenvalue weighted by molar-refractivity contribution is 7.89. The van der Waals surface area contributed by atoms with Crippen molar-refractivity contribution in [3.63, 3.8) is 0 Å². The fraction of sp³-hybridized carbons (Fsp3) is 0.435. The average molecular weight is 454 g/mol. The smallest absolute Gasteiger partial charge is 0.256 e. The summed E-state index contributed by atoms with van der Waals surface area (Å²) in [7, 11) is -3.72. The van der Waals surface area contributed by atoms with Crippen molar-refractivity contribution in [3.05, 3.63) is 52.7 Å². The van der Waals surface area contributed by atoms with Gasteiger partial charge in [-0.3, -0.25) is 4.79 Å². The third kappa shape index (κ3) is 3.96. The summed E-state index contributed by atoms with van der Waals surface area (Å²) in [4.78, 5) is 21.9. The van der Waals surface area contributed by atoms with Crippen LogP contribution in [0.2, 0.25) is 0 Å². The fourth-order valence-electron chi connectivity index (χ4n) is 4.24. The maximum absolute atomic E-state index is 13.2. The Bertz CT molecular complexity index is 1200. The van der Waals surface area contributed by atoms with E-state index >= 15 is 0 Å². The minimum absolute atomic E-state index is 0.121. The second kappa shape index (κ2) is 8.52. The van der Waals surface area contributed by atoms with Gasteiger partial charge in [0, 0.05) is 38.8 Å². The van der Waals surface area contributed by atoms with Gasteiger partial charge >= 0.3 is 0 Å². The predicted molar refractivity (Wildman–Crippen MR) is 121 cm³/mol. The number of anilines is 1. The Morgan fingerprint density at radius 3 is 2.44 bits per heavy atom. The normalized spacial score (nSPS) is 19.4. The number of amides is 1. The summed E-state index contributed by atoms with van der Waals surface area (Å²) < 4.78 is 27.9. The molecule has 0 spiro atoms. The highest BCUT2D eigenvalue weighted by Crippen LogP contribution is 2.26. The van der Waals surface area contributed by atoms with E-state index in [1.807, 2.05) is 32.0 Å². The first-order valence-electron chi connectivity index (χ1n) is 10.8. The van der Waals surface area contributed by atoms with Crippen molar-refractivity contribution in [2.75, 3.05) is 37.6 Å². The molecule has 1 atom stereocenters. The quantitative estimate of drug-likeness (QED) is 0.705. The van der Waals surface area contributed by atoms with E-state index in [0.717, 1.165) is 25.3 Å². The van der Waals surface area contributed by atoms with Crippen LogP contribution >= 0.6 is 0 Å². The molecule has 0 unspecified atom stereocenters. The molecule has 0 N–H and O–H groups in total. The number of hydrogen-bond acceptors (Lipinski definition) is 6. The van der Waals surface area contributed by atoms with Gasteiger partial charge in [0.15, 0.2) is 0 Å². The molecule has 3 heterocycles. The Morgan fingerprint density at radius 1 is 1.12 bits per heavy atom. The van der Waals surface area contributed by atoms with Crippen LogP contribution in [0.15, 0.2) is 35.2 Å². The lowest BCUT2D eigenvalue weighted by Gasteiger charge is -2.39. The number of hydrogen-bond donors (Lipinski definition) is 0. The van der Waals surface area contributed by atoms with Crippen LogP contribution in [-0.2, 0) is 10.0 Å². The van der Waals surface area contributed by atoms with Gasteiger partial charge in [0.25, 0.3) is 5.91 Å². The summed E-state index contributed by atoms with van der Waals surface area (Å²) in [6.45, 7) is 8.12. The molecule has 4 rings (SSSR count). The Hall–Kier alpha value is -2.96. The Morgan fingerprint density at radius 2 is 1.88 bits per heavy atom. The number of benzene rings is 1. The van der Waals surface area contributed by atoms with Gasteiger partial charge in [0.1, 0.15) is 5.82 Å². The standard InChI is InChI=1S/C23H27N5O3S/c1-16-13-19(14-24)5-7-21(16)32(30,31)27-11-12-28(17(2)15-27)23(29)20-6-8-22(25-18(20)3)26-9-4-10-26/h5-8,13,17H,4,9-12,15H2,1-3H3/t17-/m0/s1. The first-order chi connectivity index (χ1) is 15.2. The number of aryl methyl sites for hydroxylation is 2.